The van der Waals surface area contributed by atoms with Crippen molar-refractivity contribution in [2.75, 3.05) is 18.0 Å². The maximum absolute atomic E-state index is 7.10. The highest BCUT2D eigenvalue weighted by atomic mass is 15.1. The van der Waals surface area contributed by atoms with Crippen molar-refractivity contribution in [3.63, 3.8) is 0 Å². The number of piperidine rings is 1. The first-order valence-electron chi connectivity index (χ1n) is 5.13. The van der Waals surface area contributed by atoms with E-state index < -0.39 is 0 Å². The molecular formula is C12H14N2. The Hall–Kier alpha value is -1.49. The van der Waals surface area contributed by atoms with Crippen molar-refractivity contribution >= 4 is 11.4 Å². The van der Waals surface area contributed by atoms with E-state index in [1.807, 2.05) is 18.2 Å². The third kappa shape index (κ3) is 1.72. The van der Waals surface area contributed by atoms with Crippen molar-refractivity contribution < 1.29 is 0 Å². The molecule has 1 aliphatic heterocycles. The molecule has 1 aliphatic rings. The zero-order chi connectivity index (χ0) is 9.80. The lowest BCUT2D eigenvalue weighted by Gasteiger charge is -2.29. The Morgan fingerprint density at radius 2 is 1.79 bits per heavy atom. The average Bonchev–Trinajstić information content (AvgIpc) is 2.30. The Bertz CT molecular complexity index is 346. The molecular weight excluding hydrogens is 172 g/mol. The predicted molar refractivity (Wildman–Crippen MR) is 58.8 cm³/mol. The number of nitrogens with zero attached hydrogens (tertiary/aromatic N) is 2. The summed E-state index contributed by atoms with van der Waals surface area (Å²) in [5, 5.41) is 0. The molecule has 2 nitrogen and oxygen atoms in total. The topological polar surface area (TPSA) is 7.60 Å². The first-order chi connectivity index (χ1) is 6.92. The van der Waals surface area contributed by atoms with Crippen LogP contribution >= 0.6 is 0 Å². The van der Waals surface area contributed by atoms with Crippen LogP contribution in [0.25, 0.3) is 4.85 Å². The van der Waals surface area contributed by atoms with Gasteiger partial charge >= 0.3 is 0 Å². The van der Waals surface area contributed by atoms with Crippen LogP contribution in [0.15, 0.2) is 24.3 Å². The van der Waals surface area contributed by atoms with E-state index in [9.17, 15) is 0 Å². The summed E-state index contributed by atoms with van der Waals surface area (Å²) in [6.07, 6.45) is 3.84. The third-order valence-electron chi connectivity index (χ3n) is 2.70. The molecule has 0 spiro atoms. The zero-order valence-electron chi connectivity index (χ0n) is 8.24. The van der Waals surface area contributed by atoms with Gasteiger partial charge in [-0.25, -0.2) is 4.85 Å². The Balaban J connectivity index is 2.26. The van der Waals surface area contributed by atoms with Gasteiger partial charge in [-0.2, -0.15) is 0 Å². The van der Waals surface area contributed by atoms with Gasteiger partial charge < -0.3 is 4.90 Å². The molecule has 0 radical (unpaired) electrons. The van der Waals surface area contributed by atoms with Crippen LogP contribution < -0.4 is 4.90 Å². The molecule has 0 N–H and O–H groups in total. The molecule has 0 atom stereocenters. The molecule has 1 aromatic carbocycles. The van der Waals surface area contributed by atoms with Gasteiger partial charge in [-0.3, -0.25) is 0 Å². The van der Waals surface area contributed by atoms with Crippen LogP contribution in [-0.2, 0) is 0 Å². The van der Waals surface area contributed by atoms with E-state index in [-0.39, 0.29) is 0 Å². The SMILES string of the molecule is [C-]#[N+]c1ccccc1N1CCCCC1. The molecule has 0 aliphatic carbocycles. The van der Waals surface area contributed by atoms with Gasteiger partial charge in [0.15, 0.2) is 0 Å². The molecule has 1 heterocycles. The van der Waals surface area contributed by atoms with Crippen molar-refractivity contribution in [2.45, 2.75) is 19.3 Å². The monoisotopic (exact) mass is 186 g/mol. The van der Waals surface area contributed by atoms with Gasteiger partial charge in [0, 0.05) is 18.8 Å². The number of para-hydroxylation sites is 2. The third-order valence-corrected chi connectivity index (χ3v) is 2.70. The molecule has 0 saturated carbocycles. The Morgan fingerprint density at radius 1 is 1.07 bits per heavy atom. The lowest BCUT2D eigenvalue weighted by Crippen LogP contribution is -2.29. The Morgan fingerprint density at radius 3 is 2.50 bits per heavy atom. The lowest BCUT2D eigenvalue weighted by atomic mass is 10.1. The smallest absolute Gasteiger partial charge is 0.209 e. The quantitative estimate of drug-likeness (QED) is 0.611. The number of benzene rings is 1. The minimum absolute atomic E-state index is 0.786. The second-order valence-corrected chi connectivity index (χ2v) is 3.65. The summed E-state index contributed by atoms with van der Waals surface area (Å²) >= 11 is 0. The fourth-order valence-electron chi connectivity index (χ4n) is 1.96. The van der Waals surface area contributed by atoms with E-state index in [2.05, 4.69) is 15.8 Å². The highest BCUT2D eigenvalue weighted by Crippen LogP contribution is 2.30. The maximum atomic E-state index is 7.10. The maximum Gasteiger partial charge on any atom is 0.209 e. The van der Waals surface area contributed by atoms with Gasteiger partial charge in [-0.1, -0.05) is 18.2 Å². The van der Waals surface area contributed by atoms with Crippen molar-refractivity contribution in [1.29, 1.82) is 0 Å². The molecule has 0 unspecified atom stereocenters. The summed E-state index contributed by atoms with van der Waals surface area (Å²) in [6.45, 7) is 9.31. The van der Waals surface area contributed by atoms with Crippen LogP contribution in [0.4, 0.5) is 11.4 Å². The summed E-state index contributed by atoms with van der Waals surface area (Å²) in [5.41, 5.74) is 1.90. The van der Waals surface area contributed by atoms with Crippen molar-refractivity contribution in [1.82, 2.24) is 0 Å². The first-order valence-corrected chi connectivity index (χ1v) is 5.13. The van der Waals surface area contributed by atoms with Crippen molar-refractivity contribution in [3.05, 3.63) is 35.7 Å². The van der Waals surface area contributed by atoms with E-state index in [1.54, 1.807) is 0 Å². The minimum Gasteiger partial charge on any atom is -0.380 e. The predicted octanol–water partition coefficient (Wildman–Crippen LogP) is 3.23. The minimum atomic E-state index is 0.786. The lowest BCUT2D eigenvalue weighted by molar-refractivity contribution is 0.578. The summed E-state index contributed by atoms with van der Waals surface area (Å²) < 4.78 is 0. The molecule has 14 heavy (non-hydrogen) atoms. The number of anilines is 1. The molecule has 2 heteroatoms. The zero-order valence-corrected chi connectivity index (χ0v) is 8.24. The Kier molecular flexibility index (Phi) is 2.69. The Labute approximate surface area is 85.0 Å². The average molecular weight is 186 g/mol. The largest absolute Gasteiger partial charge is 0.380 e. The van der Waals surface area contributed by atoms with E-state index >= 15 is 0 Å². The van der Waals surface area contributed by atoms with E-state index in [1.165, 1.54) is 19.3 Å². The number of rotatable bonds is 1. The first kappa shape index (κ1) is 9.08. The fraction of sp³-hybridized carbons (Fsp3) is 0.417. The van der Waals surface area contributed by atoms with Gasteiger partial charge in [0.1, 0.15) is 0 Å². The van der Waals surface area contributed by atoms with Gasteiger partial charge in [0.25, 0.3) is 0 Å². The van der Waals surface area contributed by atoms with Gasteiger partial charge in [0.05, 0.1) is 6.57 Å². The normalized spacial score (nSPS) is 16.4. The van der Waals surface area contributed by atoms with E-state index in [0.717, 1.165) is 24.5 Å². The second kappa shape index (κ2) is 4.15. The molecule has 2 rings (SSSR count). The molecule has 1 saturated heterocycles. The molecule has 1 aromatic rings. The molecule has 0 amide bonds. The summed E-state index contributed by atoms with van der Waals surface area (Å²) in [6, 6.07) is 7.90. The van der Waals surface area contributed by atoms with Crippen molar-refractivity contribution in [2.24, 2.45) is 0 Å². The summed E-state index contributed by atoms with van der Waals surface area (Å²) in [4.78, 5) is 5.88. The van der Waals surface area contributed by atoms with E-state index in [4.69, 9.17) is 6.57 Å². The number of hydrogen-bond donors (Lipinski definition) is 0. The molecule has 72 valence electrons. The van der Waals surface area contributed by atoms with Crippen LogP contribution in [0.2, 0.25) is 0 Å². The van der Waals surface area contributed by atoms with Gasteiger partial charge in [0.2, 0.25) is 5.69 Å². The van der Waals surface area contributed by atoms with E-state index in [0.29, 0.717) is 0 Å². The van der Waals surface area contributed by atoms with Crippen LogP contribution in [0, 0.1) is 6.57 Å². The highest BCUT2D eigenvalue weighted by molar-refractivity contribution is 5.70. The highest BCUT2D eigenvalue weighted by Gasteiger charge is 2.13. The molecule has 0 aromatic heterocycles. The second-order valence-electron chi connectivity index (χ2n) is 3.65. The standard InChI is InChI=1S/C12H14N2/c1-13-11-7-3-4-8-12(11)14-9-5-2-6-10-14/h3-4,7-8H,2,5-6,9-10H2. The van der Waals surface area contributed by atoms with Gasteiger partial charge in [-0.15, -0.1) is 0 Å². The fourth-order valence-corrected chi connectivity index (χ4v) is 1.96. The summed E-state index contributed by atoms with van der Waals surface area (Å²) in [5.74, 6) is 0. The number of hydrogen-bond acceptors (Lipinski definition) is 1. The van der Waals surface area contributed by atoms with Crippen LogP contribution in [0.5, 0.6) is 0 Å². The van der Waals surface area contributed by atoms with Gasteiger partial charge in [-0.05, 0) is 25.3 Å². The summed E-state index contributed by atoms with van der Waals surface area (Å²) in [7, 11) is 0. The van der Waals surface area contributed by atoms with Crippen LogP contribution in [-0.4, -0.2) is 13.1 Å². The van der Waals surface area contributed by atoms with Crippen molar-refractivity contribution in [3.8, 4) is 0 Å². The van der Waals surface area contributed by atoms with Crippen LogP contribution in [0.3, 0.4) is 0 Å². The molecule has 1 fully saturated rings. The van der Waals surface area contributed by atoms with Crippen LogP contribution in [0.1, 0.15) is 19.3 Å². The molecule has 0 bridgehead atoms.